The van der Waals surface area contributed by atoms with Gasteiger partial charge in [0.25, 0.3) is 5.91 Å². The van der Waals surface area contributed by atoms with Crippen molar-refractivity contribution >= 4 is 29.2 Å². The summed E-state index contributed by atoms with van der Waals surface area (Å²) in [6.45, 7) is 1.06. The van der Waals surface area contributed by atoms with E-state index in [4.69, 9.17) is 11.6 Å². The molecule has 0 saturated carbocycles. The molecule has 1 aliphatic carbocycles. The molecule has 1 saturated heterocycles. The number of fused-ring (bicyclic) bond motifs is 1. The Kier molecular flexibility index (Phi) is 5.77. The second-order valence-corrected chi connectivity index (χ2v) is 8.49. The number of anilines is 1. The van der Waals surface area contributed by atoms with Gasteiger partial charge in [-0.25, -0.2) is 0 Å². The molecule has 0 atom stereocenters. The van der Waals surface area contributed by atoms with Crippen molar-refractivity contribution in [2.24, 2.45) is 5.92 Å². The SMILES string of the molecule is O=C(O)C1CCN(c2cn(C(=O)c3c(Cl)cccc3C(F)(F)F)c3c2CCCC3)CC1. The van der Waals surface area contributed by atoms with E-state index in [-0.39, 0.29) is 5.02 Å². The number of nitrogens with zero attached hydrogens (tertiary/aromatic N) is 2. The maximum atomic E-state index is 13.6. The number of piperidine rings is 1. The van der Waals surface area contributed by atoms with Crippen LogP contribution in [0, 0.1) is 5.92 Å². The van der Waals surface area contributed by atoms with Crippen molar-refractivity contribution in [3.63, 3.8) is 0 Å². The van der Waals surface area contributed by atoms with E-state index in [9.17, 15) is 27.9 Å². The summed E-state index contributed by atoms with van der Waals surface area (Å²) in [7, 11) is 0. The molecule has 0 radical (unpaired) electrons. The molecule has 0 bridgehead atoms. The Balaban J connectivity index is 1.74. The monoisotopic (exact) mass is 454 g/mol. The lowest BCUT2D eigenvalue weighted by Crippen LogP contribution is -2.36. The summed E-state index contributed by atoms with van der Waals surface area (Å²) in [5, 5.41) is 9.00. The first-order valence-electron chi connectivity index (χ1n) is 10.3. The zero-order valence-corrected chi connectivity index (χ0v) is 17.5. The quantitative estimate of drug-likeness (QED) is 0.706. The molecular formula is C22H22ClF3N2O3. The van der Waals surface area contributed by atoms with E-state index in [0.717, 1.165) is 42.3 Å². The number of hydrogen-bond acceptors (Lipinski definition) is 3. The lowest BCUT2D eigenvalue weighted by molar-refractivity contribution is -0.142. The van der Waals surface area contributed by atoms with Crippen LogP contribution in [0.25, 0.3) is 0 Å². The maximum absolute atomic E-state index is 13.6. The van der Waals surface area contributed by atoms with E-state index in [1.165, 1.54) is 16.7 Å². The molecule has 0 unspecified atom stereocenters. The summed E-state index contributed by atoms with van der Waals surface area (Å²) >= 11 is 6.06. The maximum Gasteiger partial charge on any atom is 0.417 e. The minimum absolute atomic E-state index is 0.234. The molecule has 166 valence electrons. The number of aromatic nitrogens is 1. The third kappa shape index (κ3) is 4.05. The number of alkyl halides is 3. The predicted octanol–water partition coefficient (Wildman–Crippen LogP) is 5.03. The van der Waals surface area contributed by atoms with Gasteiger partial charge in [0, 0.05) is 25.0 Å². The van der Waals surface area contributed by atoms with Crippen LogP contribution >= 0.6 is 11.6 Å². The lowest BCUT2D eigenvalue weighted by Gasteiger charge is -2.32. The molecular weight excluding hydrogens is 433 g/mol. The molecule has 0 amide bonds. The first kappa shape index (κ1) is 21.7. The lowest BCUT2D eigenvalue weighted by atomic mass is 9.94. The number of aliphatic carboxylic acids is 1. The van der Waals surface area contributed by atoms with Crippen LogP contribution in [0.3, 0.4) is 0 Å². The van der Waals surface area contributed by atoms with E-state index in [1.807, 2.05) is 4.90 Å². The van der Waals surface area contributed by atoms with Gasteiger partial charge in [-0.2, -0.15) is 13.2 Å². The third-order valence-electron chi connectivity index (χ3n) is 6.23. The fourth-order valence-electron chi connectivity index (χ4n) is 4.63. The number of carbonyl (C=O) groups is 2. The highest BCUT2D eigenvalue weighted by molar-refractivity contribution is 6.34. The van der Waals surface area contributed by atoms with Gasteiger partial charge in [0.05, 0.1) is 27.8 Å². The van der Waals surface area contributed by atoms with Gasteiger partial charge in [0.2, 0.25) is 0 Å². The second-order valence-electron chi connectivity index (χ2n) is 8.08. The molecule has 1 aromatic carbocycles. The van der Waals surface area contributed by atoms with Gasteiger partial charge in [-0.05, 0) is 56.2 Å². The summed E-state index contributed by atoms with van der Waals surface area (Å²) in [5.74, 6) is -2.00. The van der Waals surface area contributed by atoms with Crippen molar-refractivity contribution in [2.75, 3.05) is 18.0 Å². The number of carboxylic acid groups (broad SMARTS) is 1. The van der Waals surface area contributed by atoms with Gasteiger partial charge in [-0.15, -0.1) is 0 Å². The molecule has 1 aliphatic heterocycles. The standard InChI is InChI=1S/C22H22ClF3N2O3/c23-16-6-3-5-15(22(24,25)26)19(16)20(29)28-12-18(14-4-1-2-7-17(14)28)27-10-8-13(9-11-27)21(30)31/h3,5-6,12-13H,1-2,4,7-11H2,(H,30,31). The van der Waals surface area contributed by atoms with Crippen LogP contribution in [0.4, 0.5) is 18.9 Å². The number of hydrogen-bond donors (Lipinski definition) is 1. The molecule has 0 spiro atoms. The van der Waals surface area contributed by atoms with Crippen molar-refractivity contribution in [1.29, 1.82) is 0 Å². The van der Waals surface area contributed by atoms with Crippen molar-refractivity contribution < 1.29 is 27.9 Å². The predicted molar refractivity (Wildman–Crippen MR) is 110 cm³/mol. The topological polar surface area (TPSA) is 62.5 Å². The Morgan fingerprint density at radius 1 is 1.10 bits per heavy atom. The van der Waals surface area contributed by atoms with Crippen LogP contribution in [-0.2, 0) is 23.8 Å². The van der Waals surface area contributed by atoms with Crippen molar-refractivity contribution in [1.82, 2.24) is 4.57 Å². The highest BCUT2D eigenvalue weighted by Gasteiger charge is 2.38. The Bertz CT molecular complexity index is 1020. The third-order valence-corrected chi connectivity index (χ3v) is 6.54. The molecule has 5 nitrogen and oxygen atoms in total. The Morgan fingerprint density at radius 3 is 2.42 bits per heavy atom. The van der Waals surface area contributed by atoms with E-state index in [2.05, 4.69) is 0 Å². The average Bonchev–Trinajstić information content (AvgIpc) is 3.12. The fourth-order valence-corrected chi connectivity index (χ4v) is 4.88. The molecule has 2 aromatic rings. The number of carboxylic acids is 1. The fraction of sp³-hybridized carbons (Fsp3) is 0.455. The smallest absolute Gasteiger partial charge is 0.417 e. The number of carbonyl (C=O) groups excluding carboxylic acids is 1. The zero-order valence-electron chi connectivity index (χ0n) is 16.7. The summed E-state index contributed by atoms with van der Waals surface area (Å²) < 4.78 is 42.0. The first-order chi connectivity index (χ1) is 14.7. The molecule has 31 heavy (non-hydrogen) atoms. The average molecular weight is 455 g/mol. The highest BCUT2D eigenvalue weighted by atomic mass is 35.5. The second kappa shape index (κ2) is 8.22. The van der Waals surface area contributed by atoms with E-state index < -0.39 is 35.1 Å². The largest absolute Gasteiger partial charge is 0.481 e. The Hall–Kier alpha value is -2.48. The van der Waals surface area contributed by atoms with E-state index in [0.29, 0.717) is 32.4 Å². The van der Waals surface area contributed by atoms with Crippen molar-refractivity contribution in [3.8, 4) is 0 Å². The number of rotatable bonds is 3. The molecule has 1 fully saturated rings. The van der Waals surface area contributed by atoms with Crippen LogP contribution in [-0.4, -0.2) is 34.6 Å². The van der Waals surface area contributed by atoms with Crippen LogP contribution in [0.15, 0.2) is 24.4 Å². The van der Waals surface area contributed by atoms with Crippen LogP contribution in [0.5, 0.6) is 0 Å². The Labute approximate surface area is 182 Å². The van der Waals surface area contributed by atoms with Gasteiger partial charge in [-0.1, -0.05) is 17.7 Å². The summed E-state index contributed by atoms with van der Waals surface area (Å²) in [6.07, 6.45) is 1.01. The molecule has 9 heteroatoms. The van der Waals surface area contributed by atoms with Crippen LogP contribution in [0.2, 0.25) is 5.02 Å². The molecule has 1 aromatic heterocycles. The van der Waals surface area contributed by atoms with Crippen LogP contribution in [0.1, 0.15) is 52.9 Å². The molecule has 2 heterocycles. The van der Waals surface area contributed by atoms with Gasteiger partial charge in [-0.3, -0.25) is 14.2 Å². The summed E-state index contributed by atoms with van der Waals surface area (Å²) in [4.78, 5) is 26.6. The normalized spacial score (nSPS) is 17.5. The summed E-state index contributed by atoms with van der Waals surface area (Å²) in [5.41, 5.74) is 0.907. The molecule has 2 aliphatic rings. The molecule has 4 rings (SSSR count). The minimum Gasteiger partial charge on any atom is -0.481 e. The van der Waals surface area contributed by atoms with E-state index in [1.54, 1.807) is 6.20 Å². The van der Waals surface area contributed by atoms with Gasteiger partial charge >= 0.3 is 12.1 Å². The van der Waals surface area contributed by atoms with E-state index >= 15 is 0 Å². The summed E-state index contributed by atoms with van der Waals surface area (Å²) in [6, 6.07) is 3.34. The van der Waals surface area contributed by atoms with Gasteiger partial charge < -0.3 is 10.0 Å². The highest BCUT2D eigenvalue weighted by Crippen LogP contribution is 2.38. The minimum atomic E-state index is -4.70. The van der Waals surface area contributed by atoms with Crippen molar-refractivity contribution in [2.45, 2.75) is 44.7 Å². The first-order valence-corrected chi connectivity index (χ1v) is 10.7. The van der Waals surface area contributed by atoms with Crippen LogP contribution < -0.4 is 4.90 Å². The zero-order chi connectivity index (χ0) is 22.3. The Morgan fingerprint density at radius 2 is 1.77 bits per heavy atom. The van der Waals surface area contributed by atoms with Gasteiger partial charge in [0.15, 0.2) is 0 Å². The van der Waals surface area contributed by atoms with Crippen molar-refractivity contribution in [3.05, 3.63) is 51.8 Å². The van der Waals surface area contributed by atoms with Gasteiger partial charge in [0.1, 0.15) is 0 Å². The number of benzene rings is 1. The molecule has 1 N–H and O–H groups in total. The number of halogens is 4.